The maximum Gasteiger partial charge on any atom is 0.170 e. The zero-order chi connectivity index (χ0) is 16.7. The van der Waals surface area contributed by atoms with E-state index in [0.717, 1.165) is 37.0 Å². The van der Waals surface area contributed by atoms with Crippen LogP contribution in [0.1, 0.15) is 57.1 Å². The van der Waals surface area contributed by atoms with E-state index >= 15 is 0 Å². The number of benzene rings is 1. The fourth-order valence-corrected chi connectivity index (χ4v) is 4.54. The van der Waals surface area contributed by atoms with Crippen LogP contribution >= 0.6 is 0 Å². The molecule has 0 radical (unpaired) electrons. The number of nitrogens with zero attached hydrogens (tertiary/aromatic N) is 2. The Balaban J connectivity index is 1.54. The number of aliphatic hydroxyl groups is 1. The third-order valence-electron chi connectivity index (χ3n) is 6.09. The Bertz CT molecular complexity index is 725. The van der Waals surface area contributed by atoms with Gasteiger partial charge in [-0.25, -0.2) is 4.39 Å². The second kappa shape index (κ2) is 6.12. The maximum absolute atomic E-state index is 13.3. The molecule has 2 fully saturated rings. The van der Waals surface area contributed by atoms with E-state index in [1.165, 1.54) is 31.4 Å². The largest absolute Gasteiger partial charge is 0.388 e. The molecule has 0 bridgehead atoms. The van der Waals surface area contributed by atoms with Crippen molar-refractivity contribution < 1.29 is 14.0 Å². The van der Waals surface area contributed by atoms with Crippen molar-refractivity contribution in [1.82, 2.24) is 10.1 Å². The van der Waals surface area contributed by atoms with Gasteiger partial charge >= 0.3 is 0 Å². The van der Waals surface area contributed by atoms with Crippen LogP contribution in [-0.4, -0.2) is 39.9 Å². The molecule has 4 rings (SSSR count). The van der Waals surface area contributed by atoms with Crippen molar-refractivity contribution >= 4 is 11.0 Å². The molecule has 1 saturated carbocycles. The van der Waals surface area contributed by atoms with Crippen LogP contribution in [0.5, 0.6) is 0 Å². The highest BCUT2D eigenvalue weighted by atomic mass is 19.1. The molecule has 4 nitrogen and oxygen atoms in total. The van der Waals surface area contributed by atoms with Crippen LogP contribution in [0.4, 0.5) is 4.39 Å². The summed E-state index contributed by atoms with van der Waals surface area (Å²) in [5.41, 5.74) is 0.684. The van der Waals surface area contributed by atoms with E-state index < -0.39 is 5.60 Å². The predicted octanol–water partition coefficient (Wildman–Crippen LogP) is 3.84. The zero-order valence-electron chi connectivity index (χ0n) is 14.2. The highest BCUT2D eigenvalue weighted by molar-refractivity contribution is 5.80. The van der Waals surface area contributed by atoms with Gasteiger partial charge in [0, 0.05) is 23.4 Å². The predicted molar refractivity (Wildman–Crippen MR) is 90.4 cm³/mol. The molecule has 1 aromatic carbocycles. The molecule has 2 aromatic rings. The summed E-state index contributed by atoms with van der Waals surface area (Å²) in [5.74, 6) is -0.138. The molecule has 0 spiro atoms. The monoisotopic (exact) mass is 332 g/mol. The van der Waals surface area contributed by atoms with E-state index in [4.69, 9.17) is 4.52 Å². The third kappa shape index (κ3) is 2.74. The van der Waals surface area contributed by atoms with Gasteiger partial charge in [-0.05, 0) is 64.3 Å². The minimum absolute atomic E-state index is 0.165. The Morgan fingerprint density at radius 1 is 1.33 bits per heavy atom. The molecule has 2 aliphatic rings. The average molecular weight is 332 g/mol. The lowest BCUT2D eigenvalue weighted by Crippen LogP contribution is -2.51. The van der Waals surface area contributed by atoms with E-state index in [-0.39, 0.29) is 17.8 Å². The molecule has 2 heterocycles. The van der Waals surface area contributed by atoms with Crippen molar-refractivity contribution in [2.24, 2.45) is 0 Å². The first kappa shape index (κ1) is 16.0. The van der Waals surface area contributed by atoms with Crippen molar-refractivity contribution in [1.29, 1.82) is 0 Å². The van der Waals surface area contributed by atoms with Crippen molar-refractivity contribution in [2.75, 3.05) is 13.1 Å². The fourth-order valence-electron chi connectivity index (χ4n) is 4.54. The van der Waals surface area contributed by atoms with E-state index in [2.05, 4.69) is 17.0 Å². The molecule has 0 amide bonds. The number of likely N-dealkylation sites (tertiary alicyclic amines) is 1. The summed E-state index contributed by atoms with van der Waals surface area (Å²) < 4.78 is 18.6. The minimum Gasteiger partial charge on any atom is -0.388 e. The first-order valence-electron chi connectivity index (χ1n) is 9.08. The van der Waals surface area contributed by atoms with Gasteiger partial charge in [-0.2, -0.15) is 0 Å². The van der Waals surface area contributed by atoms with E-state index in [9.17, 15) is 9.50 Å². The molecule has 1 aromatic heterocycles. The van der Waals surface area contributed by atoms with Gasteiger partial charge in [0.1, 0.15) is 5.82 Å². The van der Waals surface area contributed by atoms with E-state index in [0.29, 0.717) is 12.0 Å². The van der Waals surface area contributed by atoms with Crippen molar-refractivity contribution in [2.45, 2.75) is 63.0 Å². The highest BCUT2D eigenvalue weighted by Crippen LogP contribution is 2.45. The van der Waals surface area contributed by atoms with Gasteiger partial charge in [0.15, 0.2) is 5.58 Å². The Labute approximate surface area is 141 Å². The van der Waals surface area contributed by atoms with Gasteiger partial charge < -0.3 is 9.63 Å². The summed E-state index contributed by atoms with van der Waals surface area (Å²) >= 11 is 0. The zero-order valence-corrected chi connectivity index (χ0v) is 14.2. The third-order valence-corrected chi connectivity index (χ3v) is 6.09. The second-order valence-electron chi connectivity index (χ2n) is 7.52. The van der Waals surface area contributed by atoms with Gasteiger partial charge in [-0.3, -0.25) is 4.90 Å². The van der Waals surface area contributed by atoms with E-state index in [1.807, 2.05) is 0 Å². The summed E-state index contributed by atoms with van der Waals surface area (Å²) in [6.45, 7) is 4.32. The van der Waals surface area contributed by atoms with Crippen molar-refractivity contribution in [3.63, 3.8) is 0 Å². The number of hydrogen-bond acceptors (Lipinski definition) is 4. The molecular weight excluding hydrogens is 307 g/mol. The first-order valence-corrected chi connectivity index (χ1v) is 9.08. The number of halogens is 1. The van der Waals surface area contributed by atoms with Gasteiger partial charge in [0.05, 0.1) is 11.3 Å². The number of piperidine rings is 1. The maximum atomic E-state index is 13.3. The summed E-state index contributed by atoms with van der Waals surface area (Å²) in [4.78, 5) is 2.43. The van der Waals surface area contributed by atoms with Crippen LogP contribution < -0.4 is 0 Å². The van der Waals surface area contributed by atoms with Crippen LogP contribution in [0.3, 0.4) is 0 Å². The lowest BCUT2D eigenvalue weighted by Gasteiger charge is -2.41. The quantitative estimate of drug-likeness (QED) is 0.928. The second-order valence-corrected chi connectivity index (χ2v) is 7.52. The smallest absolute Gasteiger partial charge is 0.170 e. The van der Waals surface area contributed by atoms with Crippen molar-refractivity contribution in [3.05, 3.63) is 29.7 Å². The van der Waals surface area contributed by atoms with Crippen LogP contribution in [0.2, 0.25) is 0 Å². The van der Waals surface area contributed by atoms with E-state index in [1.54, 1.807) is 6.07 Å². The summed E-state index contributed by atoms with van der Waals surface area (Å²) in [6, 6.07) is 4.73. The number of hydrogen-bond donors (Lipinski definition) is 1. The average Bonchev–Trinajstić information content (AvgIpc) is 3.19. The molecule has 1 N–H and O–H groups in total. The van der Waals surface area contributed by atoms with Gasteiger partial charge in [0.2, 0.25) is 0 Å². The Morgan fingerprint density at radius 3 is 2.92 bits per heavy atom. The molecule has 3 unspecified atom stereocenters. The number of rotatable bonds is 3. The van der Waals surface area contributed by atoms with Crippen molar-refractivity contribution in [3.8, 4) is 0 Å². The Kier molecular flexibility index (Phi) is 4.09. The summed E-state index contributed by atoms with van der Waals surface area (Å²) in [6.07, 6.45) is 6.13. The molecular formula is C19H25FN2O2. The minimum atomic E-state index is -0.673. The SMILES string of the molecule is CC(N1CCCCC1)C1(O)CCC(c2noc3cc(F)ccc23)C1. The molecule has 1 saturated heterocycles. The van der Waals surface area contributed by atoms with Crippen LogP contribution in [0, 0.1) is 5.82 Å². The molecule has 130 valence electrons. The first-order chi connectivity index (χ1) is 11.6. The lowest BCUT2D eigenvalue weighted by molar-refractivity contribution is -0.0418. The van der Waals surface area contributed by atoms with Crippen LogP contribution in [0.15, 0.2) is 22.7 Å². The standard InChI is InChI=1S/C19H25FN2O2/c1-13(22-9-3-2-4-10-22)19(23)8-7-14(12-19)18-16-6-5-15(20)11-17(16)24-21-18/h5-6,11,13-14,23H,2-4,7-10,12H2,1H3. The fraction of sp³-hybridized carbons (Fsp3) is 0.632. The summed E-state index contributed by atoms with van der Waals surface area (Å²) in [7, 11) is 0. The molecule has 24 heavy (non-hydrogen) atoms. The Morgan fingerprint density at radius 2 is 2.12 bits per heavy atom. The van der Waals surface area contributed by atoms with Crippen LogP contribution in [-0.2, 0) is 0 Å². The molecule has 3 atom stereocenters. The molecule has 1 aliphatic heterocycles. The summed E-state index contributed by atoms with van der Waals surface area (Å²) in [5, 5.41) is 16.3. The number of fused-ring (bicyclic) bond motifs is 1. The Hall–Kier alpha value is -1.46. The van der Waals surface area contributed by atoms with Gasteiger partial charge in [-0.15, -0.1) is 0 Å². The van der Waals surface area contributed by atoms with Gasteiger partial charge in [-0.1, -0.05) is 11.6 Å². The van der Waals surface area contributed by atoms with Crippen LogP contribution in [0.25, 0.3) is 11.0 Å². The van der Waals surface area contributed by atoms with Gasteiger partial charge in [0.25, 0.3) is 0 Å². The normalized spacial score (nSPS) is 30.0. The lowest BCUT2D eigenvalue weighted by atomic mass is 9.89. The molecule has 5 heteroatoms. The molecule has 1 aliphatic carbocycles. The number of aromatic nitrogens is 1. The highest BCUT2D eigenvalue weighted by Gasteiger charge is 2.45. The topological polar surface area (TPSA) is 49.5 Å².